The van der Waals surface area contributed by atoms with Crippen LogP contribution in [-0.4, -0.2) is 9.97 Å². The van der Waals surface area contributed by atoms with E-state index in [0.717, 1.165) is 14.5 Å². The third kappa shape index (κ3) is 3.46. The first kappa shape index (κ1) is 14.8. The van der Waals surface area contributed by atoms with Crippen molar-refractivity contribution in [1.82, 2.24) is 9.97 Å². The lowest BCUT2D eigenvalue weighted by molar-refractivity contribution is 0.452. The summed E-state index contributed by atoms with van der Waals surface area (Å²) in [5.74, 6) is 1.84. The van der Waals surface area contributed by atoms with Crippen LogP contribution in [0.25, 0.3) is 0 Å². The molecule has 1 aromatic carbocycles. The number of benzene rings is 1. The van der Waals surface area contributed by atoms with Crippen molar-refractivity contribution in [3.8, 4) is 11.6 Å². The molecule has 19 heavy (non-hydrogen) atoms. The number of aryl methyl sites for hydroxylation is 1. The molecule has 0 radical (unpaired) electrons. The van der Waals surface area contributed by atoms with E-state index in [9.17, 15) is 0 Å². The molecule has 0 atom stereocenters. The molecule has 0 saturated carbocycles. The van der Waals surface area contributed by atoms with Gasteiger partial charge >= 0.3 is 0 Å². The topological polar surface area (TPSA) is 35.0 Å². The standard InChI is InChI=1S/C13H11Br2ClN2O/c1-3-11-17-12(16)7(2)13(18-11)19-10-5-4-8(14)6-9(10)15/h4-6H,3H2,1-2H3. The second-order valence-corrected chi connectivity index (χ2v) is 6.02. The third-order valence-electron chi connectivity index (χ3n) is 2.50. The molecule has 0 aliphatic heterocycles. The van der Waals surface area contributed by atoms with E-state index < -0.39 is 0 Å². The summed E-state index contributed by atoms with van der Waals surface area (Å²) in [6.07, 6.45) is 0.706. The Bertz CT molecular complexity index is 620. The summed E-state index contributed by atoms with van der Waals surface area (Å²) in [7, 11) is 0. The molecule has 3 nitrogen and oxygen atoms in total. The van der Waals surface area contributed by atoms with Crippen LogP contribution >= 0.6 is 43.5 Å². The molecule has 2 rings (SSSR count). The predicted molar refractivity (Wildman–Crippen MR) is 83.1 cm³/mol. The van der Waals surface area contributed by atoms with Crippen molar-refractivity contribution in [3.63, 3.8) is 0 Å². The lowest BCUT2D eigenvalue weighted by Gasteiger charge is -2.11. The Hall–Kier alpha value is -0.650. The zero-order valence-electron chi connectivity index (χ0n) is 10.4. The van der Waals surface area contributed by atoms with Crippen molar-refractivity contribution < 1.29 is 4.74 Å². The normalized spacial score (nSPS) is 10.6. The minimum absolute atomic E-state index is 0.426. The van der Waals surface area contributed by atoms with Crippen molar-refractivity contribution in [2.75, 3.05) is 0 Å². The average molecular weight is 407 g/mol. The largest absolute Gasteiger partial charge is 0.437 e. The lowest BCUT2D eigenvalue weighted by Crippen LogP contribution is -2.00. The maximum Gasteiger partial charge on any atom is 0.227 e. The fraction of sp³-hybridized carbons (Fsp3) is 0.231. The van der Waals surface area contributed by atoms with Gasteiger partial charge in [0.2, 0.25) is 5.88 Å². The number of nitrogens with zero attached hydrogens (tertiary/aromatic N) is 2. The molecule has 0 unspecified atom stereocenters. The summed E-state index contributed by atoms with van der Waals surface area (Å²) in [6.45, 7) is 3.81. The monoisotopic (exact) mass is 404 g/mol. The Morgan fingerprint density at radius 3 is 2.63 bits per heavy atom. The SMILES string of the molecule is CCc1nc(Cl)c(C)c(Oc2ccc(Br)cc2Br)n1. The Morgan fingerprint density at radius 2 is 2.00 bits per heavy atom. The highest BCUT2D eigenvalue weighted by molar-refractivity contribution is 9.11. The molecule has 0 bridgehead atoms. The van der Waals surface area contributed by atoms with Gasteiger partial charge in [-0.15, -0.1) is 0 Å². The first-order chi connectivity index (χ1) is 9.01. The first-order valence-electron chi connectivity index (χ1n) is 5.67. The van der Waals surface area contributed by atoms with Crippen molar-refractivity contribution in [2.45, 2.75) is 20.3 Å². The van der Waals surface area contributed by atoms with Gasteiger partial charge in [-0.25, -0.2) is 4.98 Å². The number of halogens is 3. The molecule has 0 amide bonds. The number of aromatic nitrogens is 2. The molecule has 0 aliphatic rings. The summed E-state index contributed by atoms with van der Waals surface area (Å²) < 4.78 is 7.63. The second kappa shape index (κ2) is 6.20. The molecule has 6 heteroatoms. The van der Waals surface area contributed by atoms with Crippen LogP contribution in [-0.2, 0) is 6.42 Å². The van der Waals surface area contributed by atoms with Gasteiger partial charge in [-0.05, 0) is 41.1 Å². The van der Waals surface area contributed by atoms with Crippen LogP contribution < -0.4 is 4.74 Å². The molecule has 2 aromatic rings. The van der Waals surface area contributed by atoms with E-state index in [4.69, 9.17) is 16.3 Å². The Kier molecular flexibility index (Phi) is 4.81. The lowest BCUT2D eigenvalue weighted by atomic mass is 10.3. The molecule has 0 spiro atoms. The highest BCUT2D eigenvalue weighted by atomic mass is 79.9. The molecule has 100 valence electrons. The number of ether oxygens (including phenoxy) is 1. The average Bonchev–Trinajstić information content (AvgIpc) is 2.37. The van der Waals surface area contributed by atoms with Crippen molar-refractivity contribution in [3.05, 3.63) is 43.7 Å². The maximum absolute atomic E-state index is 6.08. The van der Waals surface area contributed by atoms with Gasteiger partial charge in [0, 0.05) is 16.5 Å². The Morgan fingerprint density at radius 1 is 1.26 bits per heavy atom. The summed E-state index contributed by atoms with van der Waals surface area (Å²) in [4.78, 5) is 8.55. The minimum atomic E-state index is 0.426. The number of hydrogen-bond donors (Lipinski definition) is 0. The molecule has 0 fully saturated rings. The quantitative estimate of drug-likeness (QED) is 0.647. The highest BCUT2D eigenvalue weighted by Crippen LogP contribution is 2.33. The smallest absolute Gasteiger partial charge is 0.227 e. The van der Waals surface area contributed by atoms with Gasteiger partial charge in [-0.2, -0.15) is 4.98 Å². The van der Waals surface area contributed by atoms with Crippen LogP contribution in [0.1, 0.15) is 18.3 Å². The fourth-order valence-corrected chi connectivity index (χ4v) is 2.74. The van der Waals surface area contributed by atoms with Crippen LogP contribution in [0.15, 0.2) is 27.1 Å². The minimum Gasteiger partial charge on any atom is -0.437 e. The van der Waals surface area contributed by atoms with Gasteiger partial charge in [0.25, 0.3) is 0 Å². The molecule has 0 aliphatic carbocycles. The van der Waals surface area contributed by atoms with Crippen molar-refractivity contribution >= 4 is 43.5 Å². The highest BCUT2D eigenvalue weighted by Gasteiger charge is 2.12. The summed E-state index contributed by atoms with van der Waals surface area (Å²) in [5, 5.41) is 0.426. The van der Waals surface area contributed by atoms with E-state index >= 15 is 0 Å². The van der Waals surface area contributed by atoms with Crippen LogP contribution in [0.2, 0.25) is 5.15 Å². The van der Waals surface area contributed by atoms with E-state index in [0.29, 0.717) is 29.0 Å². The van der Waals surface area contributed by atoms with E-state index in [-0.39, 0.29) is 0 Å². The molecule has 1 aromatic heterocycles. The van der Waals surface area contributed by atoms with E-state index in [1.807, 2.05) is 32.0 Å². The molecule has 1 heterocycles. The zero-order valence-corrected chi connectivity index (χ0v) is 14.3. The van der Waals surface area contributed by atoms with Crippen LogP contribution in [0.5, 0.6) is 11.6 Å². The zero-order chi connectivity index (χ0) is 14.0. The maximum atomic E-state index is 6.08. The Balaban J connectivity index is 2.40. The van der Waals surface area contributed by atoms with Gasteiger partial charge in [-0.1, -0.05) is 34.5 Å². The number of hydrogen-bond acceptors (Lipinski definition) is 3. The molecular formula is C13H11Br2ClN2O. The third-order valence-corrected chi connectivity index (χ3v) is 3.99. The molecular weight excluding hydrogens is 395 g/mol. The van der Waals surface area contributed by atoms with Gasteiger partial charge in [0.1, 0.15) is 16.7 Å². The van der Waals surface area contributed by atoms with Crippen molar-refractivity contribution in [1.29, 1.82) is 0 Å². The van der Waals surface area contributed by atoms with Gasteiger partial charge < -0.3 is 4.74 Å². The van der Waals surface area contributed by atoms with Crippen LogP contribution in [0.4, 0.5) is 0 Å². The van der Waals surface area contributed by atoms with Gasteiger partial charge in [0.05, 0.1) is 4.47 Å². The first-order valence-corrected chi connectivity index (χ1v) is 7.63. The molecule has 0 saturated heterocycles. The predicted octanol–water partition coefficient (Wildman–Crippen LogP) is 5.32. The summed E-state index contributed by atoms with van der Waals surface area (Å²) in [6, 6.07) is 5.67. The van der Waals surface area contributed by atoms with E-state index in [2.05, 4.69) is 41.8 Å². The van der Waals surface area contributed by atoms with Gasteiger partial charge in [0.15, 0.2) is 0 Å². The van der Waals surface area contributed by atoms with E-state index in [1.54, 1.807) is 0 Å². The summed E-state index contributed by atoms with van der Waals surface area (Å²) >= 11 is 12.9. The van der Waals surface area contributed by atoms with E-state index in [1.165, 1.54) is 0 Å². The number of rotatable bonds is 3. The Labute approximate surface area is 133 Å². The molecule has 0 N–H and O–H groups in total. The fourth-order valence-electron chi connectivity index (χ4n) is 1.43. The van der Waals surface area contributed by atoms with Crippen LogP contribution in [0, 0.1) is 6.92 Å². The second-order valence-electron chi connectivity index (χ2n) is 3.89. The van der Waals surface area contributed by atoms with Crippen LogP contribution in [0.3, 0.4) is 0 Å². The summed E-state index contributed by atoms with van der Waals surface area (Å²) in [5.41, 5.74) is 0.730. The van der Waals surface area contributed by atoms with Gasteiger partial charge in [-0.3, -0.25) is 0 Å². The van der Waals surface area contributed by atoms with Crippen molar-refractivity contribution in [2.24, 2.45) is 0 Å².